The van der Waals surface area contributed by atoms with Crippen molar-refractivity contribution in [2.75, 3.05) is 6.54 Å². The molecular formula is C8H11NO2. The van der Waals surface area contributed by atoms with Gasteiger partial charge in [0.25, 0.3) is 0 Å². The van der Waals surface area contributed by atoms with Crippen LogP contribution in [0.1, 0.15) is 12.8 Å². The maximum Gasteiger partial charge on any atom is 0.226 e. The molecule has 3 heteroatoms. The van der Waals surface area contributed by atoms with E-state index >= 15 is 0 Å². The van der Waals surface area contributed by atoms with E-state index in [4.69, 9.17) is 0 Å². The Hall–Kier alpha value is -0.830. The quantitative estimate of drug-likeness (QED) is 0.474. The van der Waals surface area contributed by atoms with Crippen LogP contribution in [0.25, 0.3) is 0 Å². The molecule has 1 saturated carbocycles. The van der Waals surface area contributed by atoms with Gasteiger partial charge in [0, 0.05) is 6.54 Å². The molecule has 0 radical (unpaired) electrons. The summed E-state index contributed by atoms with van der Waals surface area (Å²) in [5, 5.41) is 12.5. The Bertz CT molecular complexity index is 236. The van der Waals surface area contributed by atoms with Gasteiger partial charge >= 0.3 is 0 Å². The van der Waals surface area contributed by atoms with Crippen molar-refractivity contribution in [3.05, 3.63) is 12.2 Å². The number of aliphatic hydroxyl groups is 1. The SMILES string of the molecule is C=C1C[C@@H]2C(=O)NC[C@]2(O)C1. The Balaban J connectivity index is 2.31. The van der Waals surface area contributed by atoms with Gasteiger partial charge in [-0.15, -0.1) is 0 Å². The molecule has 0 unspecified atom stereocenters. The number of rotatable bonds is 0. The molecule has 60 valence electrons. The van der Waals surface area contributed by atoms with Gasteiger partial charge in [-0.3, -0.25) is 4.79 Å². The van der Waals surface area contributed by atoms with E-state index in [-0.39, 0.29) is 11.8 Å². The van der Waals surface area contributed by atoms with E-state index < -0.39 is 5.60 Å². The van der Waals surface area contributed by atoms with Crippen molar-refractivity contribution >= 4 is 5.91 Å². The Labute approximate surface area is 65.1 Å². The summed E-state index contributed by atoms with van der Waals surface area (Å²) in [5.74, 6) is -0.249. The van der Waals surface area contributed by atoms with E-state index in [1.54, 1.807) is 0 Å². The van der Waals surface area contributed by atoms with Crippen LogP contribution in [-0.4, -0.2) is 23.2 Å². The minimum Gasteiger partial charge on any atom is -0.387 e. The Morgan fingerprint density at radius 2 is 2.45 bits per heavy atom. The number of carbonyl (C=O) groups is 1. The van der Waals surface area contributed by atoms with Crippen molar-refractivity contribution in [1.82, 2.24) is 5.32 Å². The number of amides is 1. The third-order valence-corrected chi connectivity index (χ3v) is 2.58. The number of carbonyl (C=O) groups excluding carboxylic acids is 1. The molecule has 1 saturated heterocycles. The van der Waals surface area contributed by atoms with E-state index in [1.807, 2.05) is 0 Å². The molecule has 0 bridgehead atoms. The maximum absolute atomic E-state index is 11.1. The van der Waals surface area contributed by atoms with Crippen molar-refractivity contribution < 1.29 is 9.90 Å². The molecule has 11 heavy (non-hydrogen) atoms. The first kappa shape index (κ1) is 6.85. The van der Waals surface area contributed by atoms with E-state index in [0.717, 1.165) is 5.57 Å². The van der Waals surface area contributed by atoms with Crippen molar-refractivity contribution in [3.63, 3.8) is 0 Å². The molecule has 1 heterocycles. The third-order valence-electron chi connectivity index (χ3n) is 2.58. The average molecular weight is 153 g/mol. The van der Waals surface area contributed by atoms with Crippen molar-refractivity contribution in [3.8, 4) is 0 Å². The van der Waals surface area contributed by atoms with Crippen LogP contribution in [0.2, 0.25) is 0 Å². The summed E-state index contributed by atoms with van der Waals surface area (Å²) >= 11 is 0. The highest BCUT2D eigenvalue weighted by molar-refractivity contribution is 5.83. The van der Waals surface area contributed by atoms with Crippen LogP contribution in [0, 0.1) is 5.92 Å². The molecule has 1 aliphatic heterocycles. The van der Waals surface area contributed by atoms with Gasteiger partial charge in [0.1, 0.15) is 0 Å². The first-order valence-corrected chi connectivity index (χ1v) is 3.78. The summed E-state index contributed by atoms with van der Waals surface area (Å²) < 4.78 is 0. The molecule has 2 aliphatic rings. The summed E-state index contributed by atoms with van der Waals surface area (Å²) in [4.78, 5) is 11.1. The second-order valence-electron chi connectivity index (χ2n) is 3.50. The highest BCUT2D eigenvalue weighted by atomic mass is 16.3. The lowest BCUT2D eigenvalue weighted by Crippen LogP contribution is -2.33. The Morgan fingerprint density at radius 3 is 3.09 bits per heavy atom. The largest absolute Gasteiger partial charge is 0.387 e. The Morgan fingerprint density at radius 1 is 1.73 bits per heavy atom. The number of hydrogen-bond acceptors (Lipinski definition) is 2. The summed E-state index contributed by atoms with van der Waals surface area (Å²) in [6.07, 6.45) is 1.23. The van der Waals surface area contributed by atoms with Crippen LogP contribution in [0.3, 0.4) is 0 Å². The van der Waals surface area contributed by atoms with Gasteiger partial charge in [0.15, 0.2) is 0 Å². The van der Waals surface area contributed by atoms with E-state index in [1.165, 1.54) is 0 Å². The number of β-amino-alcohol motifs (C(OH)–C–C–N with tert-alkyl or cyclic N) is 1. The zero-order chi connectivity index (χ0) is 8.06. The topological polar surface area (TPSA) is 49.3 Å². The predicted octanol–water partition coefficient (Wildman–Crippen LogP) is -0.187. The second kappa shape index (κ2) is 1.85. The first-order chi connectivity index (χ1) is 5.12. The molecule has 0 spiro atoms. The van der Waals surface area contributed by atoms with Crippen LogP contribution in [0.15, 0.2) is 12.2 Å². The second-order valence-corrected chi connectivity index (χ2v) is 3.50. The van der Waals surface area contributed by atoms with Gasteiger partial charge in [-0.1, -0.05) is 12.2 Å². The fourth-order valence-electron chi connectivity index (χ4n) is 1.99. The molecule has 2 fully saturated rings. The highest BCUT2D eigenvalue weighted by Crippen LogP contribution is 2.41. The smallest absolute Gasteiger partial charge is 0.226 e. The average Bonchev–Trinajstić information content (AvgIpc) is 2.32. The van der Waals surface area contributed by atoms with Gasteiger partial charge in [-0.05, 0) is 12.8 Å². The van der Waals surface area contributed by atoms with Crippen molar-refractivity contribution in [2.24, 2.45) is 5.92 Å². The van der Waals surface area contributed by atoms with Gasteiger partial charge in [0.2, 0.25) is 5.91 Å². The standard InChI is InChI=1S/C8H11NO2/c1-5-2-6-7(10)9-4-8(6,11)3-5/h6,11H,1-4H2,(H,9,10)/t6-,8-/m1/s1. The molecule has 2 atom stereocenters. The molecule has 1 aliphatic carbocycles. The fourth-order valence-corrected chi connectivity index (χ4v) is 1.99. The lowest BCUT2D eigenvalue weighted by Gasteiger charge is -2.17. The zero-order valence-corrected chi connectivity index (χ0v) is 6.26. The molecular weight excluding hydrogens is 142 g/mol. The van der Waals surface area contributed by atoms with Crippen molar-refractivity contribution in [2.45, 2.75) is 18.4 Å². The monoisotopic (exact) mass is 153 g/mol. The molecule has 3 nitrogen and oxygen atoms in total. The van der Waals surface area contributed by atoms with Crippen LogP contribution < -0.4 is 5.32 Å². The summed E-state index contributed by atoms with van der Waals surface area (Å²) in [7, 11) is 0. The maximum atomic E-state index is 11.1. The Kier molecular flexibility index (Phi) is 1.16. The normalized spacial score (nSPS) is 42.5. The van der Waals surface area contributed by atoms with Gasteiger partial charge in [0.05, 0.1) is 11.5 Å². The van der Waals surface area contributed by atoms with E-state index in [2.05, 4.69) is 11.9 Å². The molecule has 0 aromatic rings. The molecule has 0 aromatic heterocycles. The van der Waals surface area contributed by atoms with E-state index in [9.17, 15) is 9.90 Å². The van der Waals surface area contributed by atoms with E-state index in [0.29, 0.717) is 19.4 Å². The zero-order valence-electron chi connectivity index (χ0n) is 6.26. The molecule has 2 N–H and O–H groups in total. The number of nitrogens with one attached hydrogen (secondary N) is 1. The molecule has 2 rings (SSSR count). The number of hydrogen-bond donors (Lipinski definition) is 2. The summed E-state index contributed by atoms with van der Waals surface area (Å²) in [6, 6.07) is 0. The molecule has 0 aromatic carbocycles. The lowest BCUT2D eigenvalue weighted by atomic mass is 9.95. The number of fused-ring (bicyclic) bond motifs is 1. The van der Waals surface area contributed by atoms with Gasteiger partial charge in [-0.2, -0.15) is 0 Å². The lowest BCUT2D eigenvalue weighted by molar-refractivity contribution is -0.124. The highest BCUT2D eigenvalue weighted by Gasteiger charge is 2.51. The van der Waals surface area contributed by atoms with Crippen LogP contribution in [-0.2, 0) is 4.79 Å². The third kappa shape index (κ3) is 0.807. The minimum atomic E-state index is -0.811. The van der Waals surface area contributed by atoms with Gasteiger partial charge in [-0.25, -0.2) is 0 Å². The molecule has 1 amide bonds. The predicted molar refractivity (Wildman–Crippen MR) is 39.8 cm³/mol. The van der Waals surface area contributed by atoms with Crippen molar-refractivity contribution in [1.29, 1.82) is 0 Å². The fraction of sp³-hybridized carbons (Fsp3) is 0.625. The summed E-state index contributed by atoms with van der Waals surface area (Å²) in [6.45, 7) is 4.17. The van der Waals surface area contributed by atoms with Crippen LogP contribution in [0.4, 0.5) is 0 Å². The van der Waals surface area contributed by atoms with Crippen LogP contribution in [0.5, 0.6) is 0 Å². The summed E-state index contributed by atoms with van der Waals surface area (Å²) in [5.41, 5.74) is 0.182. The first-order valence-electron chi connectivity index (χ1n) is 3.78. The minimum absolute atomic E-state index is 0.0221. The van der Waals surface area contributed by atoms with Crippen LogP contribution >= 0.6 is 0 Å². The van der Waals surface area contributed by atoms with Gasteiger partial charge < -0.3 is 10.4 Å².